The van der Waals surface area contributed by atoms with Crippen molar-refractivity contribution in [3.63, 3.8) is 0 Å². The van der Waals surface area contributed by atoms with Gasteiger partial charge in [-0.15, -0.1) is 0 Å². The van der Waals surface area contributed by atoms with Crippen LogP contribution in [-0.4, -0.2) is 66.1 Å². The van der Waals surface area contributed by atoms with E-state index in [9.17, 15) is 14.1 Å². The van der Waals surface area contributed by atoms with Crippen molar-refractivity contribution in [3.05, 3.63) is 36.0 Å². The third-order valence-electron chi connectivity index (χ3n) is 10.6. The summed E-state index contributed by atoms with van der Waals surface area (Å²) in [4.78, 5) is 28.1. The number of anilines is 3. The maximum atomic E-state index is 13.5. The molecule has 3 saturated carbocycles. The molecule has 9 heteroatoms. The molecule has 1 amide bonds. The first-order valence-electron chi connectivity index (χ1n) is 15.1. The minimum absolute atomic E-state index is 0.0659. The maximum Gasteiger partial charge on any atom is 0.239 e. The molecule has 5 aliphatic rings. The van der Waals surface area contributed by atoms with Crippen LogP contribution in [0.1, 0.15) is 84.1 Å². The Morgan fingerprint density at radius 3 is 2.38 bits per heavy atom. The third kappa shape index (κ3) is 4.22. The molecular weight excluding hydrogens is 522 g/mol. The number of amides is 1. The van der Waals surface area contributed by atoms with E-state index >= 15 is 0 Å². The van der Waals surface area contributed by atoms with Crippen molar-refractivity contribution in [2.45, 2.75) is 112 Å². The van der Waals surface area contributed by atoms with Gasteiger partial charge in [0, 0.05) is 33.6 Å². The summed E-state index contributed by atoms with van der Waals surface area (Å²) in [6.45, 7) is 8.70. The van der Waals surface area contributed by atoms with Gasteiger partial charge in [-0.3, -0.25) is 13.9 Å². The highest BCUT2D eigenvalue weighted by atomic mass is 32.2. The minimum atomic E-state index is -1.00. The van der Waals surface area contributed by atoms with Crippen LogP contribution in [0.2, 0.25) is 0 Å². The van der Waals surface area contributed by atoms with Crippen LogP contribution in [0, 0.1) is 5.41 Å². The fourth-order valence-corrected chi connectivity index (χ4v) is 9.61. The molecule has 0 radical (unpaired) electrons. The summed E-state index contributed by atoms with van der Waals surface area (Å²) in [5, 5.41) is 14.5. The van der Waals surface area contributed by atoms with Crippen molar-refractivity contribution >= 4 is 34.2 Å². The average Bonchev–Trinajstić information content (AvgIpc) is 3.60. The Balaban J connectivity index is 1.03. The van der Waals surface area contributed by atoms with E-state index in [1.807, 2.05) is 31.2 Å². The number of rotatable bonds is 6. The molecule has 2 aliphatic heterocycles. The van der Waals surface area contributed by atoms with E-state index in [0.717, 1.165) is 67.8 Å². The predicted octanol–water partition coefficient (Wildman–Crippen LogP) is 4.66. The van der Waals surface area contributed by atoms with Gasteiger partial charge in [0.2, 0.25) is 11.9 Å². The molecule has 3 aliphatic carbocycles. The van der Waals surface area contributed by atoms with Crippen LogP contribution >= 0.6 is 0 Å². The molecule has 2 aromatic rings. The van der Waals surface area contributed by atoms with E-state index in [1.165, 1.54) is 12.8 Å². The van der Waals surface area contributed by atoms with Gasteiger partial charge < -0.3 is 15.3 Å². The number of hydrogen-bond acceptors (Lipinski definition) is 7. The van der Waals surface area contributed by atoms with Crippen LogP contribution < -0.4 is 10.2 Å². The van der Waals surface area contributed by atoms with Crippen LogP contribution in [0.15, 0.2) is 35.4 Å². The van der Waals surface area contributed by atoms with Crippen LogP contribution in [-0.2, 0) is 21.0 Å². The molecule has 3 heterocycles. The lowest BCUT2D eigenvalue weighted by molar-refractivity contribution is -0.121. The SMILES string of the molecule is CC(C)N1CCC2(CC1)CC(S(=O)c1ccc(Nc3ncc4c(n3)N(C3CCCC3(C)O)C(=O)C43CC3)cc1)C2. The lowest BCUT2D eigenvalue weighted by Crippen LogP contribution is -2.51. The Hall–Kier alpha value is -2.36. The predicted molar refractivity (Wildman–Crippen MR) is 156 cm³/mol. The van der Waals surface area contributed by atoms with E-state index in [4.69, 9.17) is 4.98 Å². The zero-order valence-electron chi connectivity index (χ0n) is 23.9. The maximum absolute atomic E-state index is 13.5. The van der Waals surface area contributed by atoms with Crippen molar-refractivity contribution in [2.75, 3.05) is 23.3 Å². The number of carbonyl (C=O) groups is 1. The molecule has 1 aromatic carbocycles. The zero-order valence-corrected chi connectivity index (χ0v) is 24.7. The van der Waals surface area contributed by atoms with E-state index in [-0.39, 0.29) is 17.2 Å². The Morgan fingerprint density at radius 2 is 1.77 bits per heavy atom. The zero-order chi connectivity index (χ0) is 27.9. The van der Waals surface area contributed by atoms with E-state index in [1.54, 1.807) is 11.1 Å². The van der Waals surface area contributed by atoms with Gasteiger partial charge in [0.05, 0.1) is 27.9 Å². The van der Waals surface area contributed by atoms with E-state index < -0.39 is 21.8 Å². The van der Waals surface area contributed by atoms with Crippen LogP contribution in [0.5, 0.6) is 0 Å². The van der Waals surface area contributed by atoms with Gasteiger partial charge in [-0.2, -0.15) is 4.98 Å². The van der Waals surface area contributed by atoms with Crippen molar-refractivity contribution in [1.82, 2.24) is 14.9 Å². The molecule has 214 valence electrons. The molecule has 0 bridgehead atoms. The largest absolute Gasteiger partial charge is 0.388 e. The van der Waals surface area contributed by atoms with Crippen LogP contribution in [0.25, 0.3) is 0 Å². The number of benzene rings is 1. The average molecular weight is 564 g/mol. The lowest BCUT2D eigenvalue weighted by Gasteiger charge is -2.52. The second-order valence-corrected chi connectivity index (χ2v) is 15.3. The van der Waals surface area contributed by atoms with Crippen molar-refractivity contribution in [3.8, 4) is 0 Å². The smallest absolute Gasteiger partial charge is 0.239 e. The van der Waals surface area contributed by atoms with Gasteiger partial charge >= 0.3 is 0 Å². The number of fused-ring (bicyclic) bond motifs is 2. The number of aliphatic hydroxyl groups is 1. The summed E-state index contributed by atoms with van der Waals surface area (Å²) in [7, 11) is -1.00. The molecule has 2 N–H and O–H groups in total. The second kappa shape index (κ2) is 9.33. The fraction of sp³-hybridized carbons (Fsp3) is 0.645. The summed E-state index contributed by atoms with van der Waals surface area (Å²) < 4.78 is 13.3. The van der Waals surface area contributed by atoms with Gasteiger partial charge in [0.25, 0.3) is 0 Å². The summed E-state index contributed by atoms with van der Waals surface area (Å²) in [5.41, 5.74) is 0.701. The Bertz CT molecular complexity index is 1340. The van der Waals surface area contributed by atoms with Crippen molar-refractivity contribution in [2.24, 2.45) is 5.41 Å². The normalized spacial score (nSPS) is 29.7. The van der Waals surface area contributed by atoms with Gasteiger partial charge in [-0.1, -0.05) is 0 Å². The van der Waals surface area contributed by atoms with Crippen LogP contribution in [0.3, 0.4) is 0 Å². The minimum Gasteiger partial charge on any atom is -0.388 e. The quantitative estimate of drug-likeness (QED) is 0.527. The highest BCUT2D eigenvalue weighted by molar-refractivity contribution is 7.85. The molecule has 3 atom stereocenters. The summed E-state index contributed by atoms with van der Waals surface area (Å²) in [6.07, 6.45) is 10.4. The topological polar surface area (TPSA) is 98.7 Å². The number of likely N-dealkylation sites (tertiary alicyclic amines) is 1. The number of carbonyl (C=O) groups excluding carboxylic acids is 1. The van der Waals surface area contributed by atoms with Crippen molar-refractivity contribution < 1.29 is 14.1 Å². The lowest BCUT2D eigenvalue weighted by atomic mass is 9.63. The van der Waals surface area contributed by atoms with E-state index in [0.29, 0.717) is 29.6 Å². The third-order valence-corrected chi connectivity index (χ3v) is 12.3. The molecule has 40 heavy (non-hydrogen) atoms. The fourth-order valence-electron chi connectivity index (χ4n) is 7.81. The Kier molecular flexibility index (Phi) is 6.19. The number of piperidine rings is 1. The molecule has 2 spiro atoms. The number of aromatic nitrogens is 2. The molecule has 4 fully saturated rings. The molecule has 1 aromatic heterocycles. The van der Waals surface area contributed by atoms with Gasteiger partial charge in [-0.25, -0.2) is 4.98 Å². The Labute approximate surface area is 239 Å². The summed E-state index contributed by atoms with van der Waals surface area (Å²) in [5.74, 6) is 1.13. The van der Waals surface area contributed by atoms with Crippen LogP contribution in [0.4, 0.5) is 17.5 Å². The first kappa shape index (κ1) is 26.5. The first-order valence-corrected chi connectivity index (χ1v) is 16.3. The summed E-state index contributed by atoms with van der Waals surface area (Å²) >= 11 is 0. The molecule has 8 nitrogen and oxygen atoms in total. The van der Waals surface area contributed by atoms with Gasteiger partial charge in [-0.05, 0) is 121 Å². The van der Waals surface area contributed by atoms with E-state index in [2.05, 4.69) is 29.0 Å². The first-order chi connectivity index (χ1) is 19.1. The molecule has 3 unspecified atom stereocenters. The summed E-state index contributed by atoms with van der Waals surface area (Å²) in [6, 6.07) is 8.12. The molecular formula is C31H41N5O3S. The monoisotopic (exact) mass is 563 g/mol. The van der Waals surface area contributed by atoms with Gasteiger partial charge in [0.1, 0.15) is 5.82 Å². The molecule has 1 saturated heterocycles. The molecule has 7 rings (SSSR count). The highest BCUT2D eigenvalue weighted by Crippen LogP contribution is 2.58. The van der Waals surface area contributed by atoms with Crippen molar-refractivity contribution in [1.29, 1.82) is 0 Å². The van der Waals surface area contributed by atoms with Gasteiger partial charge in [0.15, 0.2) is 0 Å². The standard InChI is InChI=1S/C31H41N5O3S/c1-20(2)35-15-13-30(14-16-35)17-23(18-30)40(39)22-8-6-21(7-9-22)33-28-32-19-24-26(34-28)36(27(37)31(24)11-12-31)25-5-4-10-29(25,3)38/h6-9,19-20,23,25,38H,4-5,10-18H2,1-3H3,(H,32,33,34). The second-order valence-electron chi connectivity index (χ2n) is 13.6. The number of hydrogen-bond donors (Lipinski definition) is 2. The number of nitrogens with one attached hydrogen (secondary N) is 1. The number of nitrogens with zero attached hydrogens (tertiary/aromatic N) is 4. The Morgan fingerprint density at radius 1 is 1.07 bits per heavy atom. The highest BCUT2D eigenvalue weighted by Gasteiger charge is 2.63.